The highest BCUT2D eigenvalue weighted by Gasteiger charge is 2.45. The van der Waals surface area contributed by atoms with Crippen LogP contribution in [-0.2, 0) is 14.3 Å². The number of morpholine rings is 1. The lowest BCUT2D eigenvalue weighted by Gasteiger charge is -2.37. The van der Waals surface area contributed by atoms with Crippen molar-refractivity contribution >= 4 is 5.97 Å². The molecule has 90 valence electrons. The number of fused-ring (bicyclic) bond motifs is 1. The number of benzene rings is 1. The van der Waals surface area contributed by atoms with E-state index in [0.717, 1.165) is 0 Å². The lowest BCUT2D eigenvalue weighted by Crippen LogP contribution is -2.50. The van der Waals surface area contributed by atoms with Gasteiger partial charge in [0.05, 0.1) is 12.6 Å². The van der Waals surface area contributed by atoms with Gasteiger partial charge < -0.3 is 9.47 Å². The first kappa shape index (κ1) is 10.7. The van der Waals surface area contributed by atoms with Crippen molar-refractivity contribution in [1.29, 1.82) is 0 Å². The van der Waals surface area contributed by atoms with Crippen molar-refractivity contribution in [2.75, 3.05) is 13.2 Å². The Hall–Kier alpha value is -1.39. The minimum Gasteiger partial charge on any atom is -0.462 e. The van der Waals surface area contributed by atoms with E-state index in [1.54, 1.807) is 0 Å². The predicted octanol–water partition coefficient (Wildman–Crippen LogP) is 1.33. The second-order valence-corrected chi connectivity index (χ2v) is 4.45. The van der Waals surface area contributed by atoms with Crippen LogP contribution in [0.4, 0.5) is 0 Å². The van der Waals surface area contributed by atoms with Crippen LogP contribution in [0.15, 0.2) is 30.3 Å². The maximum absolute atomic E-state index is 11.7. The Morgan fingerprint density at radius 3 is 2.71 bits per heavy atom. The van der Waals surface area contributed by atoms with Crippen molar-refractivity contribution in [3.05, 3.63) is 35.9 Å². The average Bonchev–Trinajstić information content (AvgIpc) is 2.75. The van der Waals surface area contributed by atoms with Crippen LogP contribution in [0.2, 0.25) is 0 Å². The van der Waals surface area contributed by atoms with E-state index in [9.17, 15) is 4.79 Å². The number of cyclic esters (lactones) is 1. The van der Waals surface area contributed by atoms with E-state index in [2.05, 4.69) is 17.0 Å². The number of esters is 1. The van der Waals surface area contributed by atoms with Crippen LogP contribution < -0.4 is 0 Å². The summed E-state index contributed by atoms with van der Waals surface area (Å²) in [6, 6.07) is 9.97. The summed E-state index contributed by atoms with van der Waals surface area (Å²) in [7, 11) is 0. The molecule has 0 N–H and O–H groups in total. The first-order valence-electron chi connectivity index (χ1n) is 5.88. The molecular formula is C13H15NO3. The highest BCUT2D eigenvalue weighted by molar-refractivity contribution is 5.77. The Balaban J connectivity index is 1.93. The van der Waals surface area contributed by atoms with Gasteiger partial charge in [0.2, 0.25) is 0 Å². The third-order valence-corrected chi connectivity index (χ3v) is 3.47. The summed E-state index contributed by atoms with van der Waals surface area (Å²) in [6.07, 6.45) is -0.0296. The largest absolute Gasteiger partial charge is 0.462 e. The number of rotatable bonds is 1. The zero-order chi connectivity index (χ0) is 11.8. The first-order valence-corrected chi connectivity index (χ1v) is 5.88. The first-order chi connectivity index (χ1) is 8.27. The molecule has 0 radical (unpaired) electrons. The van der Waals surface area contributed by atoms with Gasteiger partial charge in [0.25, 0.3) is 0 Å². The van der Waals surface area contributed by atoms with Gasteiger partial charge >= 0.3 is 5.97 Å². The van der Waals surface area contributed by atoms with E-state index < -0.39 is 0 Å². The molecule has 2 aliphatic heterocycles. The van der Waals surface area contributed by atoms with E-state index in [0.29, 0.717) is 13.2 Å². The maximum Gasteiger partial charge on any atom is 0.325 e. The molecule has 2 aliphatic rings. The van der Waals surface area contributed by atoms with E-state index >= 15 is 0 Å². The molecule has 4 heteroatoms. The van der Waals surface area contributed by atoms with E-state index in [1.165, 1.54) is 5.56 Å². The van der Waals surface area contributed by atoms with E-state index in [1.807, 2.05) is 25.1 Å². The summed E-state index contributed by atoms with van der Waals surface area (Å²) in [5, 5.41) is 0. The van der Waals surface area contributed by atoms with Gasteiger partial charge in [-0.15, -0.1) is 0 Å². The Morgan fingerprint density at radius 2 is 1.94 bits per heavy atom. The molecule has 0 bridgehead atoms. The van der Waals surface area contributed by atoms with Crippen LogP contribution >= 0.6 is 0 Å². The number of hydrogen-bond acceptors (Lipinski definition) is 4. The van der Waals surface area contributed by atoms with Gasteiger partial charge in [-0.3, -0.25) is 9.69 Å². The van der Waals surface area contributed by atoms with Crippen LogP contribution in [-0.4, -0.2) is 36.4 Å². The third-order valence-electron chi connectivity index (χ3n) is 3.47. The second-order valence-electron chi connectivity index (χ2n) is 4.45. The van der Waals surface area contributed by atoms with Gasteiger partial charge in [-0.1, -0.05) is 30.3 Å². The molecule has 2 saturated heterocycles. The SMILES string of the molecule is C[C@@H]1OC[C@H]2C(=O)OC[C@H](c3ccccc3)N12. The molecule has 3 rings (SSSR count). The molecule has 0 aromatic heterocycles. The van der Waals surface area contributed by atoms with E-state index in [4.69, 9.17) is 9.47 Å². The molecule has 17 heavy (non-hydrogen) atoms. The van der Waals surface area contributed by atoms with Crippen molar-refractivity contribution in [3.8, 4) is 0 Å². The fraction of sp³-hybridized carbons (Fsp3) is 0.462. The number of hydrogen-bond donors (Lipinski definition) is 0. The summed E-state index contributed by atoms with van der Waals surface area (Å²) in [4.78, 5) is 13.8. The van der Waals surface area contributed by atoms with Crippen LogP contribution in [0.1, 0.15) is 18.5 Å². The Kier molecular flexibility index (Phi) is 2.61. The standard InChI is InChI=1S/C13H15NO3/c1-9-14-11(10-5-3-2-4-6-10)7-17-13(15)12(14)8-16-9/h2-6,9,11-12H,7-8H2,1H3/t9-,11+,12-/m0/s1. The van der Waals surface area contributed by atoms with Gasteiger partial charge in [0.15, 0.2) is 0 Å². The van der Waals surface area contributed by atoms with E-state index in [-0.39, 0.29) is 24.3 Å². The second kappa shape index (κ2) is 4.13. The van der Waals surface area contributed by atoms with Crippen LogP contribution in [0, 0.1) is 0 Å². The monoisotopic (exact) mass is 233 g/mol. The predicted molar refractivity (Wildman–Crippen MR) is 61.2 cm³/mol. The van der Waals surface area contributed by atoms with Crippen LogP contribution in [0.25, 0.3) is 0 Å². The van der Waals surface area contributed by atoms with Gasteiger partial charge in [-0.2, -0.15) is 0 Å². The fourth-order valence-electron chi connectivity index (χ4n) is 2.60. The van der Waals surface area contributed by atoms with Crippen molar-refractivity contribution in [3.63, 3.8) is 0 Å². The van der Waals surface area contributed by atoms with Crippen LogP contribution in [0.5, 0.6) is 0 Å². The molecule has 1 aromatic rings. The smallest absolute Gasteiger partial charge is 0.325 e. The van der Waals surface area contributed by atoms with Gasteiger partial charge in [-0.05, 0) is 12.5 Å². The molecule has 1 aromatic carbocycles. The van der Waals surface area contributed by atoms with Crippen molar-refractivity contribution in [2.24, 2.45) is 0 Å². The summed E-state index contributed by atoms with van der Waals surface area (Å²) in [5.74, 6) is -0.165. The topological polar surface area (TPSA) is 38.8 Å². The summed E-state index contributed by atoms with van der Waals surface area (Å²) >= 11 is 0. The third kappa shape index (κ3) is 1.73. The molecule has 2 heterocycles. The van der Waals surface area contributed by atoms with Gasteiger partial charge in [0.1, 0.15) is 18.9 Å². The normalized spacial score (nSPS) is 33.2. The molecule has 0 aliphatic carbocycles. The molecule has 3 atom stereocenters. The molecule has 0 amide bonds. The maximum atomic E-state index is 11.7. The molecular weight excluding hydrogens is 218 g/mol. The Labute approximate surface area is 100 Å². The number of ether oxygens (including phenoxy) is 2. The molecule has 2 fully saturated rings. The number of carbonyl (C=O) groups excluding carboxylic acids is 1. The zero-order valence-electron chi connectivity index (χ0n) is 9.70. The highest BCUT2D eigenvalue weighted by Crippen LogP contribution is 2.33. The molecule has 0 spiro atoms. The zero-order valence-corrected chi connectivity index (χ0v) is 9.70. The summed E-state index contributed by atoms with van der Waals surface area (Å²) in [6.45, 7) is 2.82. The Bertz CT molecular complexity index is 420. The minimum absolute atomic E-state index is 0.0296. The Morgan fingerprint density at radius 1 is 1.18 bits per heavy atom. The van der Waals surface area contributed by atoms with Gasteiger partial charge in [-0.25, -0.2) is 0 Å². The average molecular weight is 233 g/mol. The fourth-order valence-corrected chi connectivity index (χ4v) is 2.60. The number of carbonyl (C=O) groups is 1. The quantitative estimate of drug-likeness (QED) is 0.686. The van der Waals surface area contributed by atoms with Crippen molar-refractivity contribution in [1.82, 2.24) is 4.90 Å². The molecule has 0 saturated carbocycles. The lowest BCUT2D eigenvalue weighted by atomic mass is 10.0. The van der Waals surface area contributed by atoms with Crippen LogP contribution in [0.3, 0.4) is 0 Å². The van der Waals surface area contributed by atoms with Crippen molar-refractivity contribution in [2.45, 2.75) is 25.2 Å². The highest BCUT2D eigenvalue weighted by atomic mass is 16.6. The molecule has 0 unspecified atom stereocenters. The lowest BCUT2D eigenvalue weighted by molar-refractivity contribution is -0.161. The minimum atomic E-state index is -0.246. The number of nitrogens with zero attached hydrogens (tertiary/aromatic N) is 1. The summed E-state index contributed by atoms with van der Waals surface area (Å²) in [5.41, 5.74) is 1.17. The van der Waals surface area contributed by atoms with Crippen molar-refractivity contribution < 1.29 is 14.3 Å². The summed E-state index contributed by atoms with van der Waals surface area (Å²) < 4.78 is 10.8. The van der Waals surface area contributed by atoms with Gasteiger partial charge in [0, 0.05) is 0 Å². The molecule has 4 nitrogen and oxygen atoms in total.